The van der Waals surface area contributed by atoms with Crippen LogP contribution in [0.5, 0.6) is 17.2 Å². The van der Waals surface area contributed by atoms with E-state index in [0.29, 0.717) is 0 Å². The molecule has 0 aliphatic heterocycles. The van der Waals surface area contributed by atoms with Gasteiger partial charge < -0.3 is 25.5 Å². The lowest BCUT2D eigenvalue weighted by molar-refractivity contribution is 0.0683. The molecule has 0 heterocycles. The molecule has 0 radical (unpaired) electrons. The molecule has 2 aromatic rings. The summed E-state index contributed by atoms with van der Waals surface area (Å²) in [5.41, 5.74) is -0.122. The Bertz CT molecular complexity index is 647. The first kappa shape index (κ1) is 15.8. The number of phenols is 3. The van der Waals surface area contributed by atoms with Crippen molar-refractivity contribution in [3.8, 4) is 17.2 Å². The Balaban J connectivity index is 0.000000211. The molecule has 0 saturated carbocycles. The molecule has 2 aromatic carbocycles. The summed E-state index contributed by atoms with van der Waals surface area (Å²) in [6, 6.07) is 9.12. The van der Waals surface area contributed by atoms with Crippen LogP contribution in [0.2, 0.25) is 0 Å². The number of hydrogen-bond acceptors (Lipinski definition) is 5. The number of carboxylic acids is 2. The lowest BCUT2D eigenvalue weighted by atomic mass is 10.2. The number of para-hydroxylation sites is 1. The summed E-state index contributed by atoms with van der Waals surface area (Å²) in [6.45, 7) is 0. The van der Waals surface area contributed by atoms with Crippen molar-refractivity contribution in [2.45, 2.75) is 0 Å². The molecule has 0 saturated heterocycles. The fraction of sp³-hybridized carbons (Fsp3) is 0. The minimum atomic E-state index is -1.27. The molecule has 0 spiro atoms. The van der Waals surface area contributed by atoms with Crippen LogP contribution in [0.3, 0.4) is 0 Å². The number of aromatic carboxylic acids is 2. The predicted octanol–water partition coefficient (Wildman–Crippen LogP) is 1.89. The first-order chi connectivity index (χ1) is 9.82. The van der Waals surface area contributed by atoms with Gasteiger partial charge in [0.05, 0.1) is 5.56 Å². The standard InChI is InChI=1S/C7H6O4.C7H6O3/c8-5-3-1-2-4(6(5)9)7(10)11;8-6-3-1-5(2-4-6)7(9)10/h1-3,8-9H,(H,10,11);1-4,8H,(H,9,10). The molecule has 0 aliphatic rings. The summed E-state index contributed by atoms with van der Waals surface area (Å²) in [4.78, 5) is 20.5. The van der Waals surface area contributed by atoms with Crippen molar-refractivity contribution in [3.63, 3.8) is 0 Å². The molecular formula is C14H12O7. The molecule has 0 amide bonds. The van der Waals surface area contributed by atoms with Crippen LogP contribution in [0.1, 0.15) is 20.7 Å². The van der Waals surface area contributed by atoms with Gasteiger partial charge in [0.1, 0.15) is 11.3 Å². The van der Waals surface area contributed by atoms with Crippen LogP contribution >= 0.6 is 0 Å². The number of carbonyl (C=O) groups is 2. The van der Waals surface area contributed by atoms with Crippen LogP contribution in [0.4, 0.5) is 0 Å². The van der Waals surface area contributed by atoms with Gasteiger partial charge in [-0.05, 0) is 36.4 Å². The largest absolute Gasteiger partial charge is 0.508 e. The maximum atomic E-state index is 10.3. The monoisotopic (exact) mass is 292 g/mol. The van der Waals surface area contributed by atoms with Crippen LogP contribution in [0, 0.1) is 0 Å². The van der Waals surface area contributed by atoms with E-state index < -0.39 is 23.4 Å². The van der Waals surface area contributed by atoms with Gasteiger partial charge in [0.2, 0.25) is 0 Å². The molecular weight excluding hydrogens is 280 g/mol. The number of rotatable bonds is 2. The van der Waals surface area contributed by atoms with Gasteiger partial charge in [0.25, 0.3) is 0 Å². The fourth-order valence-electron chi connectivity index (χ4n) is 1.31. The molecule has 0 unspecified atom stereocenters. The minimum Gasteiger partial charge on any atom is -0.508 e. The Labute approximate surface area is 119 Å². The summed E-state index contributed by atoms with van der Waals surface area (Å²) < 4.78 is 0. The van der Waals surface area contributed by atoms with Crippen LogP contribution < -0.4 is 0 Å². The third-order valence-corrected chi connectivity index (χ3v) is 2.36. The maximum absolute atomic E-state index is 10.3. The normalized spacial score (nSPS) is 9.33. The molecule has 0 fully saturated rings. The Hall–Kier alpha value is -3.22. The van der Waals surface area contributed by atoms with E-state index >= 15 is 0 Å². The molecule has 0 aromatic heterocycles. The summed E-state index contributed by atoms with van der Waals surface area (Å²) in [7, 11) is 0. The summed E-state index contributed by atoms with van der Waals surface area (Å²) in [6.07, 6.45) is 0. The summed E-state index contributed by atoms with van der Waals surface area (Å²) >= 11 is 0. The summed E-state index contributed by atoms with van der Waals surface area (Å²) in [5.74, 6) is -3.20. The molecule has 7 heteroatoms. The fourth-order valence-corrected chi connectivity index (χ4v) is 1.31. The van der Waals surface area contributed by atoms with E-state index in [2.05, 4.69) is 0 Å². The van der Waals surface area contributed by atoms with Gasteiger partial charge >= 0.3 is 11.9 Å². The lowest BCUT2D eigenvalue weighted by Gasteiger charge is -1.99. The smallest absolute Gasteiger partial charge is 0.339 e. The summed E-state index contributed by atoms with van der Waals surface area (Å²) in [5, 5.41) is 43.3. The highest BCUT2D eigenvalue weighted by molar-refractivity contribution is 5.91. The van der Waals surface area contributed by atoms with Gasteiger partial charge in [-0.25, -0.2) is 9.59 Å². The van der Waals surface area contributed by atoms with Gasteiger partial charge in [-0.1, -0.05) is 6.07 Å². The topological polar surface area (TPSA) is 135 Å². The first-order valence-electron chi connectivity index (χ1n) is 5.59. The van der Waals surface area contributed by atoms with Crippen molar-refractivity contribution in [1.29, 1.82) is 0 Å². The van der Waals surface area contributed by atoms with E-state index in [9.17, 15) is 9.59 Å². The molecule has 5 N–H and O–H groups in total. The van der Waals surface area contributed by atoms with Crippen LogP contribution in [-0.2, 0) is 0 Å². The molecule has 0 bridgehead atoms. The third kappa shape index (κ3) is 4.43. The van der Waals surface area contributed by atoms with Gasteiger partial charge in [0, 0.05) is 0 Å². The average Bonchev–Trinajstić information content (AvgIpc) is 2.42. The Kier molecular flexibility index (Phi) is 5.13. The molecule has 0 atom stereocenters. The van der Waals surface area contributed by atoms with Gasteiger partial charge in [-0.3, -0.25) is 0 Å². The highest BCUT2D eigenvalue weighted by Gasteiger charge is 2.11. The highest BCUT2D eigenvalue weighted by atomic mass is 16.4. The quantitative estimate of drug-likeness (QED) is 0.533. The Morgan fingerprint density at radius 3 is 1.76 bits per heavy atom. The second-order valence-corrected chi connectivity index (χ2v) is 3.83. The Morgan fingerprint density at radius 1 is 0.762 bits per heavy atom. The van der Waals surface area contributed by atoms with E-state index in [1.54, 1.807) is 0 Å². The molecule has 110 valence electrons. The number of benzene rings is 2. The Morgan fingerprint density at radius 2 is 1.33 bits per heavy atom. The second-order valence-electron chi connectivity index (χ2n) is 3.83. The van der Waals surface area contributed by atoms with Crippen molar-refractivity contribution < 1.29 is 35.1 Å². The van der Waals surface area contributed by atoms with Gasteiger partial charge in [-0.15, -0.1) is 0 Å². The molecule has 7 nitrogen and oxygen atoms in total. The van der Waals surface area contributed by atoms with E-state index in [4.69, 9.17) is 25.5 Å². The van der Waals surface area contributed by atoms with Gasteiger partial charge in [0.15, 0.2) is 11.5 Å². The van der Waals surface area contributed by atoms with Crippen LogP contribution in [-0.4, -0.2) is 37.5 Å². The molecule has 0 aliphatic carbocycles. The number of carboxylic acid groups (broad SMARTS) is 2. The lowest BCUT2D eigenvalue weighted by Crippen LogP contribution is -1.95. The third-order valence-electron chi connectivity index (χ3n) is 2.36. The number of hydrogen-bond donors (Lipinski definition) is 5. The van der Waals surface area contributed by atoms with Gasteiger partial charge in [-0.2, -0.15) is 0 Å². The SMILES string of the molecule is O=C(O)c1ccc(O)cc1.O=C(O)c1cccc(O)c1O. The zero-order valence-corrected chi connectivity index (χ0v) is 10.6. The predicted molar refractivity (Wildman–Crippen MR) is 71.8 cm³/mol. The van der Waals surface area contributed by atoms with Crippen molar-refractivity contribution in [3.05, 3.63) is 53.6 Å². The number of aromatic hydroxyl groups is 3. The highest BCUT2D eigenvalue weighted by Crippen LogP contribution is 2.27. The van der Waals surface area contributed by atoms with Crippen molar-refractivity contribution in [1.82, 2.24) is 0 Å². The molecule has 21 heavy (non-hydrogen) atoms. The molecule has 2 rings (SSSR count). The zero-order chi connectivity index (χ0) is 16.0. The van der Waals surface area contributed by atoms with E-state index in [-0.39, 0.29) is 16.9 Å². The van der Waals surface area contributed by atoms with Crippen molar-refractivity contribution in [2.24, 2.45) is 0 Å². The zero-order valence-electron chi connectivity index (χ0n) is 10.6. The average molecular weight is 292 g/mol. The van der Waals surface area contributed by atoms with E-state index in [1.165, 1.54) is 42.5 Å². The van der Waals surface area contributed by atoms with Crippen molar-refractivity contribution in [2.75, 3.05) is 0 Å². The van der Waals surface area contributed by atoms with Crippen LogP contribution in [0.25, 0.3) is 0 Å². The first-order valence-corrected chi connectivity index (χ1v) is 5.59. The van der Waals surface area contributed by atoms with Crippen LogP contribution in [0.15, 0.2) is 42.5 Å². The van der Waals surface area contributed by atoms with E-state index in [1.807, 2.05) is 0 Å². The minimum absolute atomic E-state index is 0.0741. The second kappa shape index (κ2) is 6.80. The maximum Gasteiger partial charge on any atom is 0.339 e. The van der Waals surface area contributed by atoms with E-state index in [0.717, 1.165) is 0 Å². The number of phenolic OH excluding ortho intramolecular Hbond substituents is 2. The van der Waals surface area contributed by atoms with Crippen molar-refractivity contribution >= 4 is 11.9 Å².